The van der Waals surface area contributed by atoms with Gasteiger partial charge in [-0.05, 0) is 0 Å². The van der Waals surface area contributed by atoms with Gasteiger partial charge in [0.2, 0.25) is 0 Å². The number of nitrogens with two attached hydrogens (primary N) is 1. The maximum absolute atomic E-state index is 8.17. The molecule has 52 valence electrons. The van der Waals surface area contributed by atoms with Crippen LogP contribution in [0, 0.1) is 0 Å². The van der Waals surface area contributed by atoms with E-state index in [1.807, 2.05) is 5.48 Å². The van der Waals surface area contributed by atoms with Crippen molar-refractivity contribution in [3.05, 3.63) is 0 Å². The van der Waals surface area contributed by atoms with E-state index in [1.54, 1.807) is 0 Å². The fourth-order valence-corrected chi connectivity index (χ4v) is 0.497. The molecule has 0 amide bonds. The number of hydrogen-bond donors (Lipinski definition) is 3. The van der Waals surface area contributed by atoms with Gasteiger partial charge >= 0.3 is 0 Å². The molecule has 0 aliphatic rings. The normalized spacial score (nSPS) is 8.56. The zero-order chi connectivity index (χ0) is 7.28. The van der Waals surface area contributed by atoms with E-state index in [0.29, 0.717) is 22.8 Å². The zero-order valence-corrected chi connectivity index (χ0v) is 6.39. The van der Waals surface area contributed by atoms with Crippen LogP contribution in [0.1, 0.15) is 12.8 Å². The van der Waals surface area contributed by atoms with Crippen LogP contribution in [-0.4, -0.2) is 15.2 Å². The highest BCUT2D eigenvalue weighted by atomic mass is 32.1. The molecule has 0 radical (unpaired) electrons. The molecule has 0 aromatic rings. The van der Waals surface area contributed by atoms with E-state index in [2.05, 4.69) is 24.4 Å². The van der Waals surface area contributed by atoms with E-state index in [-0.39, 0.29) is 0 Å². The van der Waals surface area contributed by atoms with E-state index in [0.717, 1.165) is 0 Å². The summed E-state index contributed by atoms with van der Waals surface area (Å²) in [5, 5.41) is 8.17. The first-order valence-electron chi connectivity index (χ1n) is 2.38. The lowest BCUT2D eigenvalue weighted by Gasteiger charge is -1.97. The Morgan fingerprint density at radius 1 is 1.44 bits per heavy atom. The highest BCUT2D eigenvalue weighted by molar-refractivity contribution is 7.80. The van der Waals surface area contributed by atoms with Gasteiger partial charge in [-0.15, -0.1) is 0 Å². The largest absolute Gasteiger partial charge is 0.393 e. The Morgan fingerprint density at radius 2 is 2.00 bits per heavy atom. The molecule has 0 saturated carbocycles. The molecule has 0 spiro atoms. The van der Waals surface area contributed by atoms with Gasteiger partial charge in [-0.3, -0.25) is 10.7 Å². The molecule has 4 N–H and O–H groups in total. The molecular weight excluding hydrogens is 156 g/mol. The quantitative estimate of drug-likeness (QED) is 0.415. The molecule has 0 heterocycles. The Bertz CT molecular complexity index is 126. The number of thiocarbonyl (C=S) groups is 2. The van der Waals surface area contributed by atoms with E-state index < -0.39 is 0 Å². The summed E-state index contributed by atoms with van der Waals surface area (Å²) in [6.07, 6.45) is 1.06. The van der Waals surface area contributed by atoms with Gasteiger partial charge in [0.05, 0.1) is 4.99 Å². The minimum atomic E-state index is 0.364. The molecule has 0 unspecified atom stereocenters. The molecule has 0 aromatic carbocycles. The molecule has 0 aliphatic heterocycles. The van der Waals surface area contributed by atoms with Gasteiger partial charge < -0.3 is 5.73 Å². The summed E-state index contributed by atoms with van der Waals surface area (Å²) in [6, 6.07) is 0. The van der Waals surface area contributed by atoms with Crippen LogP contribution in [0.2, 0.25) is 0 Å². The van der Waals surface area contributed by atoms with E-state index >= 15 is 0 Å². The van der Waals surface area contributed by atoms with Crippen molar-refractivity contribution in [2.45, 2.75) is 12.8 Å². The van der Waals surface area contributed by atoms with Crippen LogP contribution in [0.3, 0.4) is 0 Å². The van der Waals surface area contributed by atoms with Crippen LogP contribution >= 0.6 is 24.4 Å². The highest BCUT2D eigenvalue weighted by Crippen LogP contribution is 1.89. The first-order valence-corrected chi connectivity index (χ1v) is 3.19. The van der Waals surface area contributed by atoms with Gasteiger partial charge in [0.15, 0.2) is 0 Å². The molecule has 0 saturated heterocycles. The molecule has 3 nitrogen and oxygen atoms in total. The summed E-state index contributed by atoms with van der Waals surface area (Å²) in [5.74, 6) is 0. The Balaban J connectivity index is 3.28. The second-order valence-corrected chi connectivity index (χ2v) is 2.52. The number of hydroxylamine groups is 1. The van der Waals surface area contributed by atoms with E-state index in [1.165, 1.54) is 0 Å². The molecule has 0 bridgehead atoms. The molecule has 0 fully saturated rings. The van der Waals surface area contributed by atoms with Crippen molar-refractivity contribution < 1.29 is 5.21 Å². The summed E-state index contributed by atoms with van der Waals surface area (Å²) in [6.45, 7) is 0. The van der Waals surface area contributed by atoms with Gasteiger partial charge in [0.25, 0.3) is 0 Å². The molecule has 9 heavy (non-hydrogen) atoms. The van der Waals surface area contributed by atoms with Crippen molar-refractivity contribution in [2.75, 3.05) is 0 Å². The van der Waals surface area contributed by atoms with Crippen molar-refractivity contribution in [3.8, 4) is 0 Å². The third-order valence-corrected chi connectivity index (χ3v) is 1.22. The SMILES string of the molecule is NC(=S)CCC(=S)NO. The first-order chi connectivity index (χ1) is 4.16. The van der Waals surface area contributed by atoms with E-state index in [9.17, 15) is 0 Å². The lowest BCUT2D eigenvalue weighted by atomic mass is 10.3. The van der Waals surface area contributed by atoms with Crippen molar-refractivity contribution >= 4 is 34.4 Å². The van der Waals surface area contributed by atoms with Crippen molar-refractivity contribution in [2.24, 2.45) is 5.73 Å². The standard InChI is InChI=1S/C4H8N2OS2/c5-3(8)1-2-4(9)6-7/h7H,1-2H2,(H2,5,8)(H,6,9). The third kappa shape index (κ3) is 5.61. The topological polar surface area (TPSA) is 58.3 Å². The first kappa shape index (κ1) is 8.74. The third-order valence-electron chi connectivity index (χ3n) is 0.723. The summed E-state index contributed by atoms with van der Waals surface area (Å²) in [5.41, 5.74) is 6.99. The fraction of sp³-hybridized carbons (Fsp3) is 0.500. The average molecular weight is 164 g/mol. The summed E-state index contributed by atoms with van der Waals surface area (Å²) < 4.78 is 0. The van der Waals surface area contributed by atoms with Crippen LogP contribution in [0.5, 0.6) is 0 Å². The summed E-state index contributed by atoms with van der Waals surface area (Å²) in [4.78, 5) is 0.774. The molecule has 0 rings (SSSR count). The van der Waals surface area contributed by atoms with E-state index in [4.69, 9.17) is 10.9 Å². The van der Waals surface area contributed by atoms with Gasteiger partial charge in [0.1, 0.15) is 4.99 Å². The monoisotopic (exact) mass is 164 g/mol. The predicted octanol–water partition coefficient (Wildman–Crippen LogP) is 0.359. The smallest absolute Gasteiger partial charge is 0.101 e. The van der Waals surface area contributed by atoms with Gasteiger partial charge in [-0.2, -0.15) is 0 Å². The number of hydrogen-bond acceptors (Lipinski definition) is 3. The van der Waals surface area contributed by atoms with Gasteiger partial charge in [-0.25, -0.2) is 0 Å². The van der Waals surface area contributed by atoms with Crippen molar-refractivity contribution in [1.82, 2.24) is 5.48 Å². The minimum Gasteiger partial charge on any atom is -0.393 e. The van der Waals surface area contributed by atoms with Crippen molar-refractivity contribution in [1.29, 1.82) is 0 Å². The lowest BCUT2D eigenvalue weighted by molar-refractivity contribution is 0.235. The molecule has 0 atom stereocenters. The average Bonchev–Trinajstić information content (AvgIpc) is 1.83. The van der Waals surface area contributed by atoms with Crippen LogP contribution < -0.4 is 11.2 Å². The Labute approximate surface area is 64.2 Å². The Morgan fingerprint density at radius 3 is 2.33 bits per heavy atom. The number of nitrogens with one attached hydrogen (secondary N) is 1. The number of rotatable bonds is 3. The molecule has 0 aliphatic carbocycles. The van der Waals surface area contributed by atoms with Gasteiger partial charge in [0, 0.05) is 12.8 Å². The highest BCUT2D eigenvalue weighted by Gasteiger charge is 1.93. The van der Waals surface area contributed by atoms with Crippen LogP contribution in [0.25, 0.3) is 0 Å². The second kappa shape index (κ2) is 4.60. The Kier molecular flexibility index (Phi) is 4.47. The zero-order valence-electron chi connectivity index (χ0n) is 4.76. The Hall–Kier alpha value is -0.260. The lowest BCUT2D eigenvalue weighted by Crippen LogP contribution is -2.18. The summed E-state index contributed by atoms with van der Waals surface area (Å²) in [7, 11) is 0. The maximum atomic E-state index is 8.17. The predicted molar refractivity (Wildman–Crippen MR) is 43.5 cm³/mol. The molecular formula is C4H8N2OS2. The van der Waals surface area contributed by atoms with Gasteiger partial charge in [-0.1, -0.05) is 24.4 Å². The van der Waals surface area contributed by atoms with Crippen LogP contribution in [0.4, 0.5) is 0 Å². The summed E-state index contributed by atoms with van der Waals surface area (Å²) >= 11 is 9.17. The molecule has 0 aromatic heterocycles. The minimum absolute atomic E-state index is 0.364. The van der Waals surface area contributed by atoms with Crippen LogP contribution in [-0.2, 0) is 0 Å². The maximum Gasteiger partial charge on any atom is 0.101 e. The van der Waals surface area contributed by atoms with Crippen molar-refractivity contribution in [3.63, 3.8) is 0 Å². The fourth-order valence-electron chi connectivity index (χ4n) is 0.293. The van der Waals surface area contributed by atoms with Crippen LogP contribution in [0.15, 0.2) is 0 Å². The second-order valence-electron chi connectivity index (χ2n) is 1.50. The molecule has 5 heteroatoms.